The van der Waals surface area contributed by atoms with E-state index in [9.17, 15) is 4.79 Å². The summed E-state index contributed by atoms with van der Waals surface area (Å²) in [7, 11) is 0. The smallest absolute Gasteiger partial charge is 0.303 e. The zero-order valence-electron chi connectivity index (χ0n) is 11.7. The van der Waals surface area contributed by atoms with Gasteiger partial charge in [0, 0.05) is 6.42 Å². The molecule has 0 heterocycles. The maximum atomic E-state index is 10.3. The lowest BCUT2D eigenvalue weighted by Gasteiger charge is -1.99. The Bertz CT molecular complexity index is 241. The average molecular weight is 252 g/mol. The van der Waals surface area contributed by atoms with E-state index < -0.39 is 5.97 Å². The number of aliphatic carboxylic acids is 1. The van der Waals surface area contributed by atoms with Crippen LogP contribution < -0.4 is 0 Å². The highest BCUT2D eigenvalue weighted by Crippen LogP contribution is 2.09. The third-order valence-electron chi connectivity index (χ3n) is 2.88. The van der Waals surface area contributed by atoms with Gasteiger partial charge in [-0.05, 0) is 25.7 Å². The lowest BCUT2D eigenvalue weighted by Crippen LogP contribution is -1.93. The minimum atomic E-state index is -0.668. The Balaban J connectivity index is 3.09. The van der Waals surface area contributed by atoms with Crippen molar-refractivity contribution in [1.82, 2.24) is 0 Å². The summed E-state index contributed by atoms with van der Waals surface area (Å²) in [5.41, 5.74) is 0. The molecule has 0 aliphatic carbocycles. The van der Waals surface area contributed by atoms with Gasteiger partial charge in [-0.25, -0.2) is 0 Å². The van der Waals surface area contributed by atoms with Crippen LogP contribution in [0, 0.1) is 0 Å². The quantitative estimate of drug-likeness (QED) is 0.387. The van der Waals surface area contributed by atoms with E-state index in [1.54, 1.807) is 0 Å². The second kappa shape index (κ2) is 14.0. The van der Waals surface area contributed by atoms with E-state index >= 15 is 0 Å². The van der Waals surface area contributed by atoms with Crippen molar-refractivity contribution in [3.05, 3.63) is 24.3 Å². The summed E-state index contributed by atoms with van der Waals surface area (Å²) in [5.74, 6) is -0.668. The van der Waals surface area contributed by atoms with Crippen molar-refractivity contribution in [3.8, 4) is 0 Å². The Labute approximate surface area is 112 Å². The molecule has 0 spiro atoms. The third-order valence-corrected chi connectivity index (χ3v) is 2.88. The highest BCUT2D eigenvalue weighted by molar-refractivity contribution is 5.66. The molecule has 104 valence electrons. The van der Waals surface area contributed by atoms with Crippen LogP contribution in [0.5, 0.6) is 0 Å². The van der Waals surface area contributed by atoms with Gasteiger partial charge in [0.15, 0.2) is 0 Å². The minimum absolute atomic E-state index is 0.329. The van der Waals surface area contributed by atoms with Gasteiger partial charge < -0.3 is 5.11 Å². The average Bonchev–Trinajstić information content (AvgIpc) is 2.34. The summed E-state index contributed by atoms with van der Waals surface area (Å²) in [5, 5.41) is 8.48. The molecule has 0 aliphatic rings. The zero-order chi connectivity index (χ0) is 13.5. The van der Waals surface area contributed by atoms with Gasteiger partial charge in [-0.2, -0.15) is 0 Å². The van der Waals surface area contributed by atoms with Crippen LogP contribution >= 0.6 is 0 Å². The van der Waals surface area contributed by atoms with Crippen molar-refractivity contribution < 1.29 is 9.90 Å². The van der Waals surface area contributed by atoms with Gasteiger partial charge in [-0.3, -0.25) is 4.79 Å². The molecule has 0 fully saturated rings. The van der Waals surface area contributed by atoms with Gasteiger partial charge in [0.1, 0.15) is 0 Å². The van der Waals surface area contributed by atoms with Crippen molar-refractivity contribution in [3.63, 3.8) is 0 Å². The van der Waals surface area contributed by atoms with E-state index in [0.717, 1.165) is 19.3 Å². The van der Waals surface area contributed by atoms with Crippen LogP contribution in [-0.4, -0.2) is 11.1 Å². The van der Waals surface area contributed by atoms with Gasteiger partial charge in [0.25, 0.3) is 0 Å². The molecule has 1 N–H and O–H groups in total. The number of unbranched alkanes of at least 4 members (excludes halogenated alkanes) is 7. The van der Waals surface area contributed by atoms with Crippen LogP contribution in [0.4, 0.5) is 0 Å². The van der Waals surface area contributed by atoms with Crippen LogP contribution in [0.15, 0.2) is 24.3 Å². The molecule has 0 atom stereocenters. The second-order valence-corrected chi connectivity index (χ2v) is 4.67. The lowest BCUT2D eigenvalue weighted by atomic mass is 10.1. The SMILES string of the molecule is CCC=CC=CCCCCCCCCCC(=O)O. The fraction of sp³-hybridized carbons (Fsp3) is 0.688. The second-order valence-electron chi connectivity index (χ2n) is 4.67. The molecule has 0 rings (SSSR count). The highest BCUT2D eigenvalue weighted by atomic mass is 16.4. The monoisotopic (exact) mass is 252 g/mol. The largest absolute Gasteiger partial charge is 0.481 e. The van der Waals surface area contributed by atoms with Gasteiger partial charge in [-0.1, -0.05) is 63.3 Å². The lowest BCUT2D eigenvalue weighted by molar-refractivity contribution is -0.137. The molecule has 0 amide bonds. The minimum Gasteiger partial charge on any atom is -0.481 e. The van der Waals surface area contributed by atoms with Gasteiger partial charge >= 0.3 is 5.97 Å². The summed E-state index contributed by atoms with van der Waals surface area (Å²) < 4.78 is 0. The van der Waals surface area contributed by atoms with E-state index in [2.05, 4.69) is 31.2 Å². The molecule has 0 radical (unpaired) electrons. The van der Waals surface area contributed by atoms with Gasteiger partial charge in [-0.15, -0.1) is 0 Å². The number of allylic oxidation sites excluding steroid dienone is 4. The van der Waals surface area contributed by atoms with Crippen molar-refractivity contribution in [2.45, 2.75) is 71.1 Å². The molecule has 0 aromatic carbocycles. The first-order valence-electron chi connectivity index (χ1n) is 7.30. The first-order chi connectivity index (χ1) is 8.77. The molecule has 0 saturated heterocycles. The Hall–Kier alpha value is -1.05. The third kappa shape index (κ3) is 14.9. The molecular weight excluding hydrogens is 224 g/mol. The van der Waals surface area contributed by atoms with Crippen LogP contribution in [0.3, 0.4) is 0 Å². The maximum absolute atomic E-state index is 10.3. The van der Waals surface area contributed by atoms with E-state index in [0.29, 0.717) is 6.42 Å². The molecule has 2 nitrogen and oxygen atoms in total. The van der Waals surface area contributed by atoms with Crippen molar-refractivity contribution >= 4 is 5.97 Å². The molecule has 0 bridgehead atoms. The highest BCUT2D eigenvalue weighted by Gasteiger charge is 1.96. The Morgan fingerprint density at radius 2 is 1.44 bits per heavy atom. The summed E-state index contributed by atoms with van der Waals surface area (Å²) >= 11 is 0. The van der Waals surface area contributed by atoms with Crippen molar-refractivity contribution in [1.29, 1.82) is 0 Å². The van der Waals surface area contributed by atoms with Crippen molar-refractivity contribution in [2.24, 2.45) is 0 Å². The summed E-state index contributed by atoms with van der Waals surface area (Å²) in [6.45, 7) is 2.14. The van der Waals surface area contributed by atoms with E-state index in [-0.39, 0.29) is 0 Å². The number of carbonyl (C=O) groups is 1. The molecule has 2 heteroatoms. The van der Waals surface area contributed by atoms with Gasteiger partial charge in [0.05, 0.1) is 0 Å². The Kier molecular flexibility index (Phi) is 13.2. The normalized spacial score (nSPS) is 11.6. The number of hydrogen-bond donors (Lipinski definition) is 1. The number of carboxylic acid groups (broad SMARTS) is 1. The summed E-state index contributed by atoms with van der Waals surface area (Å²) in [6.07, 6.45) is 19.4. The predicted molar refractivity (Wildman–Crippen MR) is 77.8 cm³/mol. The number of hydrogen-bond acceptors (Lipinski definition) is 1. The first-order valence-corrected chi connectivity index (χ1v) is 7.30. The van der Waals surface area contributed by atoms with Crippen LogP contribution in [-0.2, 0) is 4.79 Å². The molecule has 0 aromatic heterocycles. The van der Waals surface area contributed by atoms with Crippen LogP contribution in [0.2, 0.25) is 0 Å². The molecule has 0 aromatic rings. The number of rotatable bonds is 12. The van der Waals surface area contributed by atoms with Crippen LogP contribution in [0.1, 0.15) is 71.1 Å². The van der Waals surface area contributed by atoms with E-state index in [4.69, 9.17) is 5.11 Å². The summed E-state index contributed by atoms with van der Waals surface area (Å²) in [6, 6.07) is 0. The fourth-order valence-electron chi connectivity index (χ4n) is 1.81. The Morgan fingerprint density at radius 3 is 2.06 bits per heavy atom. The summed E-state index contributed by atoms with van der Waals surface area (Å²) in [4.78, 5) is 10.3. The van der Waals surface area contributed by atoms with Crippen LogP contribution in [0.25, 0.3) is 0 Å². The van der Waals surface area contributed by atoms with E-state index in [1.807, 2.05) is 0 Å². The van der Waals surface area contributed by atoms with Gasteiger partial charge in [0.2, 0.25) is 0 Å². The standard InChI is InChI=1S/C16H28O2/c1-2-3-4-5-6-7-8-9-10-11-12-13-14-15-16(17)18/h3-6H,2,7-15H2,1H3,(H,17,18). The van der Waals surface area contributed by atoms with Crippen molar-refractivity contribution in [2.75, 3.05) is 0 Å². The first kappa shape index (κ1) is 16.9. The Morgan fingerprint density at radius 1 is 0.889 bits per heavy atom. The molecule has 18 heavy (non-hydrogen) atoms. The fourth-order valence-corrected chi connectivity index (χ4v) is 1.81. The molecule has 0 unspecified atom stereocenters. The maximum Gasteiger partial charge on any atom is 0.303 e. The molecule has 0 saturated carbocycles. The topological polar surface area (TPSA) is 37.3 Å². The number of carboxylic acids is 1. The molecule has 0 aliphatic heterocycles. The zero-order valence-corrected chi connectivity index (χ0v) is 11.7. The predicted octanol–water partition coefficient (Wildman–Crippen LogP) is 5.10. The molecular formula is C16H28O2. The van der Waals surface area contributed by atoms with E-state index in [1.165, 1.54) is 38.5 Å².